The second-order valence-electron chi connectivity index (χ2n) is 3.33. The molecule has 1 aromatic carbocycles. The third kappa shape index (κ3) is 3.90. The van der Waals surface area contributed by atoms with Gasteiger partial charge in [0.1, 0.15) is 0 Å². The first-order valence-corrected chi connectivity index (χ1v) is 5.17. The van der Waals surface area contributed by atoms with E-state index in [9.17, 15) is 0 Å². The molecule has 78 valence electrons. The number of nitrogens with one attached hydrogen (secondary N) is 1. The summed E-state index contributed by atoms with van der Waals surface area (Å²) in [6.45, 7) is 7.65. The second kappa shape index (κ2) is 6.57. The Kier molecular flexibility index (Phi) is 5.27. The summed E-state index contributed by atoms with van der Waals surface area (Å²) in [5.74, 6) is 0. The van der Waals surface area contributed by atoms with E-state index in [1.54, 1.807) is 0 Å². The van der Waals surface area contributed by atoms with Gasteiger partial charge in [-0.05, 0) is 24.6 Å². The van der Waals surface area contributed by atoms with Crippen molar-refractivity contribution < 1.29 is 4.74 Å². The summed E-state index contributed by atoms with van der Waals surface area (Å²) in [6.07, 6.45) is 0. The first kappa shape index (κ1) is 11.2. The fraction of sp³-hybridized carbons (Fsp3) is 0.500. The summed E-state index contributed by atoms with van der Waals surface area (Å²) >= 11 is 0. The van der Waals surface area contributed by atoms with Gasteiger partial charge in [0.2, 0.25) is 0 Å². The molecule has 0 saturated heterocycles. The third-order valence-corrected chi connectivity index (χ3v) is 2.19. The Morgan fingerprint density at radius 1 is 1.29 bits per heavy atom. The van der Waals surface area contributed by atoms with Gasteiger partial charge in [0.25, 0.3) is 0 Å². The molecule has 0 radical (unpaired) electrons. The molecule has 14 heavy (non-hydrogen) atoms. The summed E-state index contributed by atoms with van der Waals surface area (Å²) < 4.78 is 5.54. The molecule has 0 aliphatic carbocycles. The van der Waals surface area contributed by atoms with Crippen LogP contribution in [-0.2, 0) is 11.3 Å². The van der Waals surface area contributed by atoms with E-state index in [2.05, 4.69) is 43.4 Å². The van der Waals surface area contributed by atoms with Crippen LogP contribution in [-0.4, -0.2) is 19.7 Å². The highest BCUT2D eigenvalue weighted by molar-refractivity contribution is 5.24. The summed E-state index contributed by atoms with van der Waals surface area (Å²) in [4.78, 5) is 0. The molecule has 1 N–H and O–H groups in total. The van der Waals surface area contributed by atoms with Crippen LogP contribution in [0.4, 0.5) is 0 Å². The lowest BCUT2D eigenvalue weighted by Crippen LogP contribution is -2.18. The highest BCUT2D eigenvalue weighted by atomic mass is 16.5. The van der Waals surface area contributed by atoms with Crippen LogP contribution in [0.1, 0.15) is 18.1 Å². The van der Waals surface area contributed by atoms with Crippen LogP contribution >= 0.6 is 0 Å². The molecule has 0 amide bonds. The van der Waals surface area contributed by atoms with Crippen molar-refractivity contribution in [3.05, 3.63) is 35.4 Å². The summed E-state index contributed by atoms with van der Waals surface area (Å²) in [5, 5.41) is 3.22. The van der Waals surface area contributed by atoms with E-state index in [0.717, 1.165) is 26.3 Å². The normalized spacial score (nSPS) is 10.4. The Balaban J connectivity index is 2.21. The lowest BCUT2D eigenvalue weighted by molar-refractivity contribution is 0.122. The Hall–Kier alpha value is -0.860. The average Bonchev–Trinajstić information content (AvgIpc) is 2.20. The lowest BCUT2D eigenvalue weighted by atomic mass is 10.1. The van der Waals surface area contributed by atoms with E-state index >= 15 is 0 Å². The molecule has 0 spiro atoms. The van der Waals surface area contributed by atoms with Crippen LogP contribution in [0.25, 0.3) is 0 Å². The Morgan fingerprint density at radius 2 is 2.07 bits per heavy atom. The number of ether oxygens (including phenoxy) is 1. The third-order valence-electron chi connectivity index (χ3n) is 2.19. The molecular formula is C12H19NO. The zero-order chi connectivity index (χ0) is 10.2. The SMILES string of the molecule is CCNCCOCc1ccccc1C. The Bertz CT molecular complexity index is 260. The second-order valence-corrected chi connectivity index (χ2v) is 3.33. The van der Waals surface area contributed by atoms with Gasteiger partial charge in [-0.1, -0.05) is 31.2 Å². The van der Waals surface area contributed by atoms with Gasteiger partial charge >= 0.3 is 0 Å². The number of benzene rings is 1. The fourth-order valence-corrected chi connectivity index (χ4v) is 1.28. The molecule has 1 rings (SSSR count). The number of hydrogen-bond donors (Lipinski definition) is 1. The predicted molar refractivity (Wildman–Crippen MR) is 59.4 cm³/mol. The average molecular weight is 193 g/mol. The molecule has 0 aliphatic rings. The van der Waals surface area contributed by atoms with Crippen molar-refractivity contribution in [1.29, 1.82) is 0 Å². The van der Waals surface area contributed by atoms with E-state index < -0.39 is 0 Å². The quantitative estimate of drug-likeness (QED) is 0.699. The van der Waals surface area contributed by atoms with E-state index in [0.29, 0.717) is 0 Å². The van der Waals surface area contributed by atoms with E-state index in [1.165, 1.54) is 11.1 Å². The lowest BCUT2D eigenvalue weighted by Gasteiger charge is -2.06. The number of rotatable bonds is 6. The molecule has 0 bridgehead atoms. The van der Waals surface area contributed by atoms with Gasteiger partial charge in [-0.25, -0.2) is 0 Å². The van der Waals surface area contributed by atoms with E-state index in [4.69, 9.17) is 4.74 Å². The van der Waals surface area contributed by atoms with Crippen LogP contribution in [0.3, 0.4) is 0 Å². The molecule has 0 aliphatic heterocycles. The number of likely N-dealkylation sites (N-methyl/N-ethyl adjacent to an activating group) is 1. The van der Waals surface area contributed by atoms with Gasteiger partial charge in [0.15, 0.2) is 0 Å². The monoisotopic (exact) mass is 193 g/mol. The first-order chi connectivity index (χ1) is 6.84. The number of aryl methyl sites for hydroxylation is 1. The van der Waals surface area contributed by atoms with Crippen molar-refractivity contribution in [1.82, 2.24) is 5.32 Å². The molecule has 0 heterocycles. The van der Waals surface area contributed by atoms with Crippen molar-refractivity contribution in [3.8, 4) is 0 Å². The minimum absolute atomic E-state index is 0.720. The molecule has 0 atom stereocenters. The zero-order valence-corrected chi connectivity index (χ0v) is 9.05. The molecule has 2 heteroatoms. The standard InChI is InChI=1S/C12H19NO/c1-3-13-8-9-14-10-12-7-5-4-6-11(12)2/h4-7,13H,3,8-10H2,1-2H3. The summed E-state index contributed by atoms with van der Waals surface area (Å²) in [7, 11) is 0. The molecule has 0 fully saturated rings. The maximum absolute atomic E-state index is 5.54. The van der Waals surface area contributed by atoms with Crippen LogP contribution in [0.15, 0.2) is 24.3 Å². The van der Waals surface area contributed by atoms with Crippen molar-refractivity contribution in [2.75, 3.05) is 19.7 Å². The van der Waals surface area contributed by atoms with Crippen LogP contribution in [0, 0.1) is 6.92 Å². The van der Waals surface area contributed by atoms with Crippen molar-refractivity contribution in [3.63, 3.8) is 0 Å². The van der Waals surface area contributed by atoms with Crippen molar-refractivity contribution >= 4 is 0 Å². The van der Waals surface area contributed by atoms with Gasteiger partial charge in [0, 0.05) is 6.54 Å². The smallest absolute Gasteiger partial charge is 0.0720 e. The van der Waals surface area contributed by atoms with E-state index in [1.807, 2.05) is 0 Å². The van der Waals surface area contributed by atoms with Crippen molar-refractivity contribution in [2.24, 2.45) is 0 Å². The van der Waals surface area contributed by atoms with Crippen molar-refractivity contribution in [2.45, 2.75) is 20.5 Å². The molecule has 2 nitrogen and oxygen atoms in total. The molecular weight excluding hydrogens is 174 g/mol. The highest BCUT2D eigenvalue weighted by Gasteiger charge is 1.95. The number of hydrogen-bond acceptors (Lipinski definition) is 2. The molecule has 0 saturated carbocycles. The van der Waals surface area contributed by atoms with Crippen LogP contribution in [0.2, 0.25) is 0 Å². The van der Waals surface area contributed by atoms with Gasteiger partial charge in [-0.15, -0.1) is 0 Å². The largest absolute Gasteiger partial charge is 0.375 e. The maximum atomic E-state index is 5.54. The topological polar surface area (TPSA) is 21.3 Å². The Morgan fingerprint density at radius 3 is 2.79 bits per heavy atom. The van der Waals surface area contributed by atoms with Gasteiger partial charge in [-0.2, -0.15) is 0 Å². The first-order valence-electron chi connectivity index (χ1n) is 5.17. The Labute approximate surface area is 86.3 Å². The summed E-state index contributed by atoms with van der Waals surface area (Å²) in [5.41, 5.74) is 2.58. The molecule has 1 aromatic rings. The van der Waals surface area contributed by atoms with Crippen LogP contribution in [0.5, 0.6) is 0 Å². The summed E-state index contributed by atoms with van der Waals surface area (Å²) in [6, 6.07) is 8.33. The van der Waals surface area contributed by atoms with E-state index in [-0.39, 0.29) is 0 Å². The molecule has 0 unspecified atom stereocenters. The maximum Gasteiger partial charge on any atom is 0.0720 e. The predicted octanol–water partition coefficient (Wildman–Crippen LogP) is 2.12. The van der Waals surface area contributed by atoms with Gasteiger partial charge < -0.3 is 10.1 Å². The minimum atomic E-state index is 0.720. The fourth-order valence-electron chi connectivity index (χ4n) is 1.28. The zero-order valence-electron chi connectivity index (χ0n) is 9.05. The molecule has 0 aromatic heterocycles. The van der Waals surface area contributed by atoms with Gasteiger partial charge in [0.05, 0.1) is 13.2 Å². The minimum Gasteiger partial charge on any atom is -0.375 e. The van der Waals surface area contributed by atoms with Gasteiger partial charge in [-0.3, -0.25) is 0 Å². The highest BCUT2D eigenvalue weighted by Crippen LogP contribution is 2.07. The van der Waals surface area contributed by atoms with Crippen LogP contribution < -0.4 is 5.32 Å².